The molecule has 15 heteroatoms. The number of primary amides is 1. The van der Waals surface area contributed by atoms with E-state index in [4.69, 9.17) is 24.7 Å². The Balaban J connectivity index is 1.95. The highest BCUT2D eigenvalue weighted by Gasteiger charge is 2.31. The van der Waals surface area contributed by atoms with Crippen molar-refractivity contribution in [3.8, 4) is 17.0 Å². The number of nitrogens with zero attached hydrogens (tertiary/aromatic N) is 1. The van der Waals surface area contributed by atoms with E-state index in [1.54, 1.807) is 0 Å². The second-order valence-corrected chi connectivity index (χ2v) is 8.25. The molecular formula is C23H16BrF5N2O7. The zero-order chi connectivity index (χ0) is 28.2. The zero-order valence-corrected chi connectivity index (χ0v) is 20.4. The van der Waals surface area contributed by atoms with Gasteiger partial charge in [0.05, 0.1) is 18.4 Å². The quantitative estimate of drug-likeness (QED) is 0.242. The van der Waals surface area contributed by atoms with Crippen LogP contribution in [0.5, 0.6) is 5.75 Å². The summed E-state index contributed by atoms with van der Waals surface area (Å²) in [6.45, 7) is -0.708. The number of ether oxygens (including phenoxy) is 2. The predicted molar refractivity (Wildman–Crippen MR) is 121 cm³/mol. The Hall–Kier alpha value is -4.01. The van der Waals surface area contributed by atoms with E-state index in [0.717, 1.165) is 30.3 Å². The van der Waals surface area contributed by atoms with Crippen molar-refractivity contribution in [3.63, 3.8) is 0 Å². The maximum atomic E-state index is 14.8. The van der Waals surface area contributed by atoms with E-state index in [0.29, 0.717) is 6.07 Å². The number of alkyl halides is 3. The Morgan fingerprint density at radius 2 is 1.74 bits per heavy atom. The molecule has 202 valence electrons. The molecule has 3 rings (SSSR count). The van der Waals surface area contributed by atoms with Gasteiger partial charge in [-0.05, 0) is 40.2 Å². The number of aromatic nitrogens is 1. The summed E-state index contributed by atoms with van der Waals surface area (Å²) in [7, 11) is 0. The topological polar surface area (TPSA) is 142 Å². The van der Waals surface area contributed by atoms with Crippen molar-refractivity contribution in [2.24, 2.45) is 5.73 Å². The van der Waals surface area contributed by atoms with Crippen LogP contribution in [0, 0.1) is 11.6 Å². The summed E-state index contributed by atoms with van der Waals surface area (Å²) in [4.78, 5) is 38.2. The van der Waals surface area contributed by atoms with E-state index in [-0.39, 0.29) is 21.8 Å². The SMILES string of the molecule is NC(=O)c1c(F)ccc(O[C@H](COC(=O)CCC(=O)O)c2nc(-c3ccc(C(F)(F)F)cc3)c(Br)o2)c1F. The lowest BCUT2D eigenvalue weighted by Gasteiger charge is -2.17. The van der Waals surface area contributed by atoms with Crippen LogP contribution in [0.4, 0.5) is 22.0 Å². The van der Waals surface area contributed by atoms with Gasteiger partial charge in [0.25, 0.3) is 5.91 Å². The molecule has 0 saturated carbocycles. The molecule has 0 aliphatic rings. The van der Waals surface area contributed by atoms with Crippen LogP contribution in [0.15, 0.2) is 45.5 Å². The number of rotatable bonds is 10. The Labute approximate surface area is 218 Å². The van der Waals surface area contributed by atoms with Gasteiger partial charge in [0.15, 0.2) is 16.2 Å². The average molecular weight is 607 g/mol. The number of carbonyl (C=O) groups excluding carboxylic acids is 2. The molecular weight excluding hydrogens is 591 g/mol. The van der Waals surface area contributed by atoms with Gasteiger partial charge in [-0.15, -0.1) is 0 Å². The highest BCUT2D eigenvalue weighted by Crippen LogP contribution is 2.36. The minimum absolute atomic E-state index is 0.0110. The molecule has 9 nitrogen and oxygen atoms in total. The second kappa shape index (κ2) is 11.6. The van der Waals surface area contributed by atoms with Crippen LogP contribution < -0.4 is 10.5 Å². The molecule has 0 spiro atoms. The lowest BCUT2D eigenvalue weighted by atomic mass is 10.1. The van der Waals surface area contributed by atoms with E-state index in [9.17, 15) is 36.3 Å². The molecule has 38 heavy (non-hydrogen) atoms. The van der Waals surface area contributed by atoms with E-state index >= 15 is 0 Å². The van der Waals surface area contributed by atoms with Crippen LogP contribution in [-0.2, 0) is 20.5 Å². The van der Waals surface area contributed by atoms with Gasteiger partial charge in [-0.3, -0.25) is 14.4 Å². The van der Waals surface area contributed by atoms with Crippen LogP contribution in [0.2, 0.25) is 0 Å². The predicted octanol–water partition coefficient (Wildman–Crippen LogP) is 5.03. The first-order valence-electron chi connectivity index (χ1n) is 10.4. The van der Waals surface area contributed by atoms with E-state index < -0.39 is 78.1 Å². The molecule has 0 saturated heterocycles. The Bertz CT molecular complexity index is 1360. The first-order chi connectivity index (χ1) is 17.8. The fourth-order valence-electron chi connectivity index (χ4n) is 3.06. The number of aliphatic carboxylic acids is 1. The van der Waals surface area contributed by atoms with Crippen LogP contribution in [-0.4, -0.2) is 34.5 Å². The summed E-state index contributed by atoms with van der Waals surface area (Å²) in [5.74, 6) is -7.44. The van der Waals surface area contributed by atoms with Crippen LogP contribution >= 0.6 is 15.9 Å². The van der Waals surface area contributed by atoms with Crippen LogP contribution in [0.1, 0.15) is 40.8 Å². The third-order valence-corrected chi connectivity index (χ3v) is 5.41. The van der Waals surface area contributed by atoms with Crippen molar-refractivity contribution in [3.05, 3.63) is 69.7 Å². The standard InChI is InChI=1S/C23H16BrF5N2O7/c24-20-19(10-1-3-11(4-2-10)23(27,28)29)31-22(38-20)14(9-36-16(34)8-7-15(32)33)37-13-6-5-12(25)17(18(13)26)21(30)35/h1-6,14H,7-9H2,(H2,30,35)(H,32,33)/t14-/m1/s1. The second-order valence-electron chi connectivity index (χ2n) is 7.53. The maximum absolute atomic E-state index is 14.8. The number of carboxylic acids is 1. The molecule has 0 bridgehead atoms. The molecule has 3 aromatic rings. The fourth-order valence-corrected chi connectivity index (χ4v) is 3.54. The highest BCUT2D eigenvalue weighted by molar-refractivity contribution is 9.10. The van der Waals surface area contributed by atoms with Crippen molar-refractivity contribution in [1.29, 1.82) is 0 Å². The molecule has 3 N–H and O–H groups in total. The third-order valence-electron chi connectivity index (χ3n) is 4.87. The number of benzene rings is 2. The molecule has 0 radical (unpaired) electrons. The van der Waals surface area contributed by atoms with Gasteiger partial charge in [-0.2, -0.15) is 13.2 Å². The van der Waals surface area contributed by atoms with Crippen molar-refractivity contribution < 1.29 is 55.3 Å². The van der Waals surface area contributed by atoms with Gasteiger partial charge in [0, 0.05) is 5.56 Å². The largest absolute Gasteiger partial charge is 0.481 e. The minimum atomic E-state index is -4.57. The maximum Gasteiger partial charge on any atom is 0.416 e. The molecule has 0 unspecified atom stereocenters. The van der Waals surface area contributed by atoms with Gasteiger partial charge in [0.2, 0.25) is 12.0 Å². The number of hydrogen-bond acceptors (Lipinski definition) is 7. The van der Waals surface area contributed by atoms with Crippen LogP contribution in [0.3, 0.4) is 0 Å². The monoisotopic (exact) mass is 606 g/mol. The third kappa shape index (κ3) is 6.85. The molecule has 1 heterocycles. The molecule has 2 aromatic carbocycles. The first kappa shape index (κ1) is 28.6. The Morgan fingerprint density at radius 1 is 1.08 bits per heavy atom. The van der Waals surface area contributed by atoms with E-state index in [2.05, 4.69) is 20.9 Å². The molecule has 1 atom stereocenters. The molecule has 0 aliphatic carbocycles. The number of carboxylic acid groups (broad SMARTS) is 1. The van der Waals surface area contributed by atoms with E-state index in [1.807, 2.05) is 0 Å². The Morgan fingerprint density at radius 3 is 2.32 bits per heavy atom. The molecule has 1 amide bonds. The smallest absolute Gasteiger partial charge is 0.416 e. The minimum Gasteiger partial charge on any atom is -0.481 e. The first-order valence-corrected chi connectivity index (χ1v) is 11.2. The number of carbonyl (C=O) groups is 3. The summed E-state index contributed by atoms with van der Waals surface area (Å²) in [5, 5.41) is 8.70. The summed E-state index contributed by atoms with van der Waals surface area (Å²) in [5.41, 5.74) is 3.19. The van der Waals surface area contributed by atoms with Crippen molar-refractivity contribution in [2.45, 2.75) is 25.1 Å². The van der Waals surface area contributed by atoms with Gasteiger partial charge >= 0.3 is 18.1 Å². The number of halogens is 6. The normalized spacial score (nSPS) is 12.2. The molecule has 0 aliphatic heterocycles. The summed E-state index contributed by atoms with van der Waals surface area (Å²) in [6.07, 6.45) is -7.16. The number of hydrogen-bond donors (Lipinski definition) is 2. The summed E-state index contributed by atoms with van der Waals surface area (Å²) >= 11 is 3.08. The number of oxazole rings is 1. The van der Waals surface area contributed by atoms with Gasteiger partial charge in [-0.1, -0.05) is 12.1 Å². The van der Waals surface area contributed by atoms with E-state index in [1.165, 1.54) is 0 Å². The number of esters is 1. The summed E-state index contributed by atoms with van der Waals surface area (Å²) < 4.78 is 83.1. The highest BCUT2D eigenvalue weighted by atomic mass is 79.9. The lowest BCUT2D eigenvalue weighted by Crippen LogP contribution is -2.21. The zero-order valence-electron chi connectivity index (χ0n) is 18.9. The molecule has 1 aromatic heterocycles. The van der Waals surface area contributed by atoms with Crippen molar-refractivity contribution >= 4 is 33.8 Å². The average Bonchev–Trinajstić information content (AvgIpc) is 3.22. The van der Waals surface area contributed by atoms with Crippen molar-refractivity contribution in [1.82, 2.24) is 4.98 Å². The van der Waals surface area contributed by atoms with Gasteiger partial charge in [-0.25, -0.2) is 13.8 Å². The van der Waals surface area contributed by atoms with Gasteiger partial charge in [0.1, 0.15) is 23.7 Å². The van der Waals surface area contributed by atoms with Crippen molar-refractivity contribution in [2.75, 3.05) is 6.61 Å². The number of nitrogens with two attached hydrogens (primary N) is 1. The van der Waals surface area contributed by atoms with Gasteiger partial charge < -0.3 is 24.7 Å². The Kier molecular flexibility index (Phi) is 8.70. The molecule has 0 fully saturated rings. The lowest BCUT2D eigenvalue weighted by molar-refractivity contribution is -0.149. The fraction of sp³-hybridized carbons (Fsp3) is 0.217. The van der Waals surface area contributed by atoms with Crippen LogP contribution in [0.25, 0.3) is 11.3 Å². The summed E-state index contributed by atoms with van der Waals surface area (Å²) in [6, 6.07) is 5.39. The number of amides is 1.